The van der Waals surface area contributed by atoms with E-state index >= 15 is 0 Å². The fourth-order valence-electron chi connectivity index (χ4n) is 4.40. The number of aryl methyl sites for hydroxylation is 2. The fourth-order valence-corrected chi connectivity index (χ4v) is 5.82. The predicted octanol–water partition coefficient (Wildman–Crippen LogP) is 4.67. The highest BCUT2D eigenvalue weighted by Gasteiger charge is 2.29. The van der Waals surface area contributed by atoms with Crippen LogP contribution in [0.25, 0.3) is 11.1 Å². The number of carboxylic acid groups (broad SMARTS) is 1. The van der Waals surface area contributed by atoms with Crippen LogP contribution >= 0.6 is 0 Å². The topological polar surface area (TPSA) is 77.9 Å². The van der Waals surface area contributed by atoms with Gasteiger partial charge in [0, 0.05) is 32.7 Å². The van der Waals surface area contributed by atoms with Gasteiger partial charge < -0.3 is 5.11 Å². The average molecular weight is 493 g/mol. The zero-order chi connectivity index (χ0) is 25.2. The zero-order valence-electron chi connectivity index (χ0n) is 20.4. The summed E-state index contributed by atoms with van der Waals surface area (Å²) >= 11 is 0. The fraction of sp³-hybridized carbons (Fsp3) is 0.321. The molecule has 4 rings (SSSR count). The van der Waals surface area contributed by atoms with Crippen LogP contribution in [0.4, 0.5) is 0 Å². The molecule has 0 bridgehead atoms. The van der Waals surface area contributed by atoms with Crippen LogP contribution in [0, 0.1) is 13.8 Å². The lowest BCUT2D eigenvalue weighted by Crippen LogP contribution is -2.48. The molecule has 6 nitrogen and oxygen atoms in total. The van der Waals surface area contributed by atoms with Crippen LogP contribution in [-0.2, 0) is 21.4 Å². The maximum Gasteiger partial charge on any atom is 0.310 e. The summed E-state index contributed by atoms with van der Waals surface area (Å²) in [6, 6.07) is 21.2. The van der Waals surface area contributed by atoms with E-state index < -0.39 is 21.9 Å². The quantitative estimate of drug-likeness (QED) is 0.519. The minimum absolute atomic E-state index is 0.327. The first kappa shape index (κ1) is 25.1. The number of piperazine rings is 1. The normalized spacial score (nSPS) is 16.2. The Hall–Kier alpha value is -3.00. The van der Waals surface area contributed by atoms with E-state index in [1.807, 2.05) is 44.2 Å². The SMILES string of the molecule is Cc1ccc(-c2ccc(C(C)C(=O)O)cc2CN2CCN(S(=O)(=O)c3ccc(C)cc3)CC2)cc1. The lowest BCUT2D eigenvalue weighted by molar-refractivity contribution is -0.138. The van der Waals surface area contributed by atoms with Gasteiger partial charge in [-0.1, -0.05) is 65.7 Å². The Morgan fingerprint density at radius 2 is 1.46 bits per heavy atom. The molecule has 0 aliphatic carbocycles. The summed E-state index contributed by atoms with van der Waals surface area (Å²) in [5.41, 5.74) is 6.18. The van der Waals surface area contributed by atoms with Crippen LogP contribution in [0.2, 0.25) is 0 Å². The molecule has 0 spiro atoms. The van der Waals surface area contributed by atoms with Gasteiger partial charge in [0.1, 0.15) is 0 Å². The standard InChI is InChI=1S/C28H32N2O4S/c1-20-4-8-23(9-5-20)27-13-10-24(22(3)28(31)32)18-25(27)19-29-14-16-30(17-15-29)35(33,34)26-11-6-21(2)7-12-26/h4-13,18,22H,14-17,19H2,1-3H3,(H,31,32). The van der Waals surface area contributed by atoms with Gasteiger partial charge in [0.2, 0.25) is 10.0 Å². The van der Waals surface area contributed by atoms with E-state index in [0.29, 0.717) is 37.6 Å². The highest BCUT2D eigenvalue weighted by atomic mass is 32.2. The monoisotopic (exact) mass is 492 g/mol. The van der Waals surface area contributed by atoms with Gasteiger partial charge in [-0.15, -0.1) is 0 Å². The summed E-state index contributed by atoms with van der Waals surface area (Å²) in [5, 5.41) is 9.51. The molecule has 0 amide bonds. The Bertz CT molecular complexity index is 1290. The van der Waals surface area contributed by atoms with Crippen molar-refractivity contribution in [3.63, 3.8) is 0 Å². The molecule has 7 heteroatoms. The van der Waals surface area contributed by atoms with E-state index in [9.17, 15) is 18.3 Å². The Morgan fingerprint density at radius 3 is 2.03 bits per heavy atom. The Balaban J connectivity index is 1.54. The molecular weight excluding hydrogens is 460 g/mol. The second kappa shape index (κ2) is 10.3. The van der Waals surface area contributed by atoms with Crippen LogP contribution < -0.4 is 0 Å². The van der Waals surface area contributed by atoms with Crippen molar-refractivity contribution in [2.45, 2.75) is 38.1 Å². The number of aliphatic carboxylic acids is 1. The molecule has 1 unspecified atom stereocenters. The van der Waals surface area contributed by atoms with Crippen molar-refractivity contribution in [2.24, 2.45) is 0 Å². The maximum atomic E-state index is 13.1. The number of rotatable bonds is 7. The van der Waals surface area contributed by atoms with E-state index in [4.69, 9.17) is 0 Å². The zero-order valence-corrected chi connectivity index (χ0v) is 21.3. The second-order valence-electron chi connectivity index (χ2n) is 9.34. The molecule has 1 aliphatic heterocycles. The molecule has 1 saturated heterocycles. The highest BCUT2D eigenvalue weighted by Crippen LogP contribution is 2.30. The van der Waals surface area contributed by atoms with Crippen molar-refractivity contribution in [3.05, 3.63) is 89.0 Å². The third kappa shape index (κ3) is 5.64. The smallest absolute Gasteiger partial charge is 0.310 e. The third-order valence-corrected chi connectivity index (χ3v) is 8.66. The first-order valence-corrected chi connectivity index (χ1v) is 13.3. The number of hydrogen-bond acceptors (Lipinski definition) is 4. The number of carboxylic acids is 1. The van der Waals surface area contributed by atoms with Gasteiger partial charge in [-0.2, -0.15) is 4.31 Å². The largest absolute Gasteiger partial charge is 0.481 e. The first-order chi connectivity index (χ1) is 16.6. The molecule has 1 heterocycles. The summed E-state index contributed by atoms with van der Waals surface area (Å²) < 4.78 is 27.7. The van der Waals surface area contributed by atoms with Crippen LogP contribution in [0.15, 0.2) is 71.6 Å². The molecule has 1 N–H and O–H groups in total. The number of carbonyl (C=O) groups is 1. The number of sulfonamides is 1. The first-order valence-electron chi connectivity index (χ1n) is 11.9. The Labute approximate surface area is 207 Å². The van der Waals surface area contributed by atoms with Gasteiger partial charge in [0.15, 0.2) is 0 Å². The van der Waals surface area contributed by atoms with E-state index in [-0.39, 0.29) is 0 Å². The van der Waals surface area contributed by atoms with Crippen molar-refractivity contribution in [1.82, 2.24) is 9.21 Å². The van der Waals surface area contributed by atoms with Crippen LogP contribution in [0.1, 0.15) is 35.1 Å². The van der Waals surface area contributed by atoms with Gasteiger partial charge >= 0.3 is 5.97 Å². The molecule has 0 aromatic heterocycles. The third-order valence-electron chi connectivity index (χ3n) is 6.75. The second-order valence-corrected chi connectivity index (χ2v) is 11.3. The van der Waals surface area contributed by atoms with E-state index in [2.05, 4.69) is 29.2 Å². The van der Waals surface area contributed by atoms with Crippen LogP contribution in [-0.4, -0.2) is 54.9 Å². The summed E-state index contributed by atoms with van der Waals surface area (Å²) in [4.78, 5) is 14.2. The maximum absolute atomic E-state index is 13.1. The van der Waals surface area contributed by atoms with Gasteiger partial charge in [-0.25, -0.2) is 8.42 Å². The number of nitrogens with zero attached hydrogens (tertiary/aromatic N) is 2. The molecule has 0 saturated carbocycles. The van der Waals surface area contributed by atoms with Crippen molar-refractivity contribution in [3.8, 4) is 11.1 Å². The molecule has 1 atom stereocenters. The summed E-state index contributed by atoms with van der Waals surface area (Å²) in [5.74, 6) is -1.45. The van der Waals surface area contributed by atoms with E-state index in [1.165, 1.54) is 5.56 Å². The van der Waals surface area contributed by atoms with Crippen molar-refractivity contribution in [1.29, 1.82) is 0 Å². The van der Waals surface area contributed by atoms with Crippen LogP contribution in [0.5, 0.6) is 0 Å². The van der Waals surface area contributed by atoms with Crippen LogP contribution in [0.3, 0.4) is 0 Å². The molecule has 0 radical (unpaired) electrons. The van der Waals surface area contributed by atoms with E-state index in [1.54, 1.807) is 23.4 Å². The molecule has 1 aliphatic rings. The molecule has 3 aromatic carbocycles. The molecule has 3 aromatic rings. The van der Waals surface area contributed by atoms with E-state index in [0.717, 1.165) is 27.8 Å². The highest BCUT2D eigenvalue weighted by molar-refractivity contribution is 7.89. The van der Waals surface area contributed by atoms with Crippen molar-refractivity contribution in [2.75, 3.05) is 26.2 Å². The van der Waals surface area contributed by atoms with Gasteiger partial charge in [0.25, 0.3) is 0 Å². The Morgan fingerprint density at radius 1 is 0.886 bits per heavy atom. The molecule has 35 heavy (non-hydrogen) atoms. The van der Waals surface area contributed by atoms with Gasteiger partial charge in [0.05, 0.1) is 10.8 Å². The summed E-state index contributed by atoms with van der Waals surface area (Å²) in [6.07, 6.45) is 0. The lowest BCUT2D eigenvalue weighted by atomic mass is 9.92. The minimum atomic E-state index is -3.52. The van der Waals surface area contributed by atoms with Gasteiger partial charge in [-0.05, 0) is 55.2 Å². The number of hydrogen-bond donors (Lipinski definition) is 1. The summed E-state index contributed by atoms with van der Waals surface area (Å²) in [7, 11) is -3.52. The van der Waals surface area contributed by atoms with Crippen molar-refractivity contribution < 1.29 is 18.3 Å². The molecular formula is C28H32N2O4S. The summed E-state index contributed by atoms with van der Waals surface area (Å²) in [6.45, 7) is 8.36. The Kier molecular flexibility index (Phi) is 7.40. The van der Waals surface area contributed by atoms with Gasteiger partial charge in [-0.3, -0.25) is 9.69 Å². The molecule has 184 valence electrons. The minimum Gasteiger partial charge on any atom is -0.481 e. The molecule has 1 fully saturated rings. The number of benzene rings is 3. The van der Waals surface area contributed by atoms with Crippen molar-refractivity contribution >= 4 is 16.0 Å². The average Bonchev–Trinajstić information content (AvgIpc) is 2.85. The predicted molar refractivity (Wildman–Crippen MR) is 138 cm³/mol. The lowest BCUT2D eigenvalue weighted by Gasteiger charge is -2.34.